The molecule has 0 aromatic rings. The molecule has 1 saturated heterocycles. The van der Waals surface area contributed by atoms with Gasteiger partial charge in [0.2, 0.25) is 0 Å². The molecule has 0 radical (unpaired) electrons. The third-order valence-electron chi connectivity index (χ3n) is 3.73. The second kappa shape index (κ2) is 8.93. The van der Waals surface area contributed by atoms with Crippen LogP contribution in [-0.2, 0) is 9.47 Å². The summed E-state index contributed by atoms with van der Waals surface area (Å²) in [6, 6.07) is 0. The number of hydrogen-bond acceptors (Lipinski definition) is 3. The van der Waals surface area contributed by atoms with Gasteiger partial charge in [-0.2, -0.15) is 0 Å². The maximum absolute atomic E-state index is 9.89. The van der Waals surface area contributed by atoms with Crippen molar-refractivity contribution in [2.45, 2.75) is 92.1 Å². The first-order valence-corrected chi connectivity index (χ1v) is 7.95. The van der Waals surface area contributed by atoms with Crippen molar-refractivity contribution in [2.24, 2.45) is 5.41 Å². The van der Waals surface area contributed by atoms with Crippen LogP contribution in [0.3, 0.4) is 0 Å². The Kier molecular flexibility index (Phi) is 8.88. The van der Waals surface area contributed by atoms with Crippen molar-refractivity contribution in [3.63, 3.8) is 0 Å². The molecule has 3 nitrogen and oxygen atoms in total. The molecule has 2 rings (SSSR count). The van der Waals surface area contributed by atoms with Crippen molar-refractivity contribution in [3.8, 4) is 0 Å². The lowest BCUT2D eigenvalue weighted by molar-refractivity contribution is -0.366. The fourth-order valence-corrected chi connectivity index (χ4v) is 2.29. The lowest BCUT2D eigenvalue weighted by Gasteiger charge is -2.45. The molecule has 0 amide bonds. The van der Waals surface area contributed by atoms with Gasteiger partial charge in [0, 0.05) is 5.41 Å². The zero-order valence-corrected chi connectivity index (χ0v) is 13.8. The van der Waals surface area contributed by atoms with Crippen LogP contribution in [0.5, 0.6) is 0 Å². The predicted octanol–water partition coefficient (Wildman–Crippen LogP) is 4.48. The van der Waals surface area contributed by atoms with Crippen LogP contribution in [0.2, 0.25) is 0 Å². The number of hydrogen-bond donors (Lipinski definition) is 1. The van der Waals surface area contributed by atoms with Gasteiger partial charge in [0.15, 0.2) is 12.1 Å². The second-order valence-corrected chi connectivity index (χ2v) is 5.73. The van der Waals surface area contributed by atoms with Crippen LogP contribution >= 0.6 is 0 Å². The molecule has 2 fully saturated rings. The summed E-state index contributed by atoms with van der Waals surface area (Å²) < 4.78 is 11.0. The minimum Gasteiger partial charge on any atom is -0.367 e. The summed E-state index contributed by atoms with van der Waals surface area (Å²) >= 11 is 0. The highest BCUT2D eigenvalue weighted by atomic mass is 16.8. The fourth-order valence-electron chi connectivity index (χ4n) is 2.29. The van der Waals surface area contributed by atoms with E-state index in [-0.39, 0.29) is 5.41 Å². The van der Waals surface area contributed by atoms with E-state index >= 15 is 0 Å². The molecule has 0 aromatic carbocycles. The van der Waals surface area contributed by atoms with E-state index in [2.05, 4.69) is 13.8 Å². The van der Waals surface area contributed by atoms with Crippen molar-refractivity contribution >= 4 is 0 Å². The molecule has 2 aliphatic rings. The average molecular weight is 274 g/mol. The van der Waals surface area contributed by atoms with Gasteiger partial charge < -0.3 is 14.6 Å². The van der Waals surface area contributed by atoms with Crippen LogP contribution in [0, 0.1) is 5.41 Å². The van der Waals surface area contributed by atoms with E-state index in [1.165, 1.54) is 25.7 Å². The summed E-state index contributed by atoms with van der Waals surface area (Å²) in [5.41, 5.74) is -0.102. The minimum atomic E-state index is -0.640. The first-order valence-electron chi connectivity index (χ1n) is 7.95. The Labute approximate surface area is 119 Å². The molecule has 1 atom stereocenters. The zero-order chi connectivity index (χ0) is 14.9. The van der Waals surface area contributed by atoms with E-state index in [0.717, 1.165) is 12.8 Å². The molecule has 1 saturated carbocycles. The van der Waals surface area contributed by atoms with Gasteiger partial charge in [-0.1, -0.05) is 53.4 Å². The Hall–Kier alpha value is -0.120. The Morgan fingerprint density at radius 2 is 1.53 bits per heavy atom. The molecule has 19 heavy (non-hydrogen) atoms. The Morgan fingerprint density at radius 3 is 1.89 bits per heavy atom. The molecule has 1 unspecified atom stereocenters. The van der Waals surface area contributed by atoms with Crippen molar-refractivity contribution in [3.05, 3.63) is 0 Å². The van der Waals surface area contributed by atoms with Gasteiger partial charge >= 0.3 is 0 Å². The SMILES string of the molecule is CC.CC1(C)OCC2(CCCC2)C(O)O1.CCCC. The van der Waals surface area contributed by atoms with E-state index in [9.17, 15) is 5.11 Å². The minimum absolute atomic E-state index is 0.102. The monoisotopic (exact) mass is 274 g/mol. The van der Waals surface area contributed by atoms with E-state index in [0.29, 0.717) is 6.61 Å². The highest BCUT2D eigenvalue weighted by Gasteiger charge is 2.48. The molecule has 1 spiro atoms. The van der Waals surface area contributed by atoms with Gasteiger partial charge in [-0.25, -0.2) is 0 Å². The standard InChI is InChI=1S/C10H18O3.C4H10.C2H6/c1-9(2)12-7-10(8(11)13-9)5-3-4-6-10;1-3-4-2;1-2/h8,11H,3-7H2,1-2H3;3-4H2,1-2H3;1-2H3. The van der Waals surface area contributed by atoms with Crippen LogP contribution < -0.4 is 0 Å². The summed E-state index contributed by atoms with van der Waals surface area (Å²) in [6.45, 7) is 12.7. The second-order valence-electron chi connectivity index (χ2n) is 5.73. The number of aliphatic hydroxyl groups excluding tert-OH is 1. The van der Waals surface area contributed by atoms with Gasteiger partial charge in [-0.3, -0.25) is 0 Å². The molecular formula is C16H34O3. The van der Waals surface area contributed by atoms with Gasteiger partial charge in [0.1, 0.15) is 0 Å². The topological polar surface area (TPSA) is 38.7 Å². The Bertz CT molecular complexity index is 218. The number of unbranched alkanes of at least 4 members (excludes halogenated alkanes) is 1. The third kappa shape index (κ3) is 5.80. The fraction of sp³-hybridized carbons (Fsp3) is 1.00. The summed E-state index contributed by atoms with van der Waals surface area (Å²) in [4.78, 5) is 0. The Balaban J connectivity index is 0.000000467. The lowest BCUT2D eigenvalue weighted by Crippen LogP contribution is -2.51. The summed E-state index contributed by atoms with van der Waals surface area (Å²) in [5, 5.41) is 9.89. The first-order chi connectivity index (χ1) is 8.96. The maximum atomic E-state index is 9.89. The van der Waals surface area contributed by atoms with E-state index in [1.807, 2.05) is 27.7 Å². The van der Waals surface area contributed by atoms with Crippen LogP contribution in [0.15, 0.2) is 0 Å². The maximum Gasteiger partial charge on any atom is 0.165 e. The predicted molar refractivity (Wildman–Crippen MR) is 80.0 cm³/mol. The molecule has 116 valence electrons. The van der Waals surface area contributed by atoms with E-state index in [1.54, 1.807) is 0 Å². The normalized spacial score (nSPS) is 27.0. The molecule has 1 N–H and O–H groups in total. The van der Waals surface area contributed by atoms with Crippen LogP contribution in [0.4, 0.5) is 0 Å². The third-order valence-corrected chi connectivity index (χ3v) is 3.73. The first kappa shape index (κ1) is 18.9. The molecule has 1 heterocycles. The van der Waals surface area contributed by atoms with E-state index < -0.39 is 12.1 Å². The van der Waals surface area contributed by atoms with Crippen molar-refractivity contribution < 1.29 is 14.6 Å². The lowest BCUT2D eigenvalue weighted by atomic mass is 9.85. The largest absolute Gasteiger partial charge is 0.367 e. The average Bonchev–Trinajstić information content (AvgIpc) is 2.87. The molecule has 1 aliphatic heterocycles. The van der Waals surface area contributed by atoms with Crippen molar-refractivity contribution in [1.29, 1.82) is 0 Å². The van der Waals surface area contributed by atoms with Gasteiger partial charge in [-0.15, -0.1) is 0 Å². The summed E-state index contributed by atoms with van der Waals surface area (Å²) in [7, 11) is 0. The molecule has 1 aliphatic carbocycles. The zero-order valence-electron chi connectivity index (χ0n) is 13.8. The van der Waals surface area contributed by atoms with Gasteiger partial charge in [-0.05, 0) is 26.7 Å². The smallest absolute Gasteiger partial charge is 0.165 e. The van der Waals surface area contributed by atoms with Crippen LogP contribution in [0.25, 0.3) is 0 Å². The van der Waals surface area contributed by atoms with E-state index in [4.69, 9.17) is 9.47 Å². The summed E-state index contributed by atoms with van der Waals surface area (Å²) in [6.07, 6.45) is 6.43. The quantitative estimate of drug-likeness (QED) is 0.766. The number of aliphatic hydroxyl groups is 1. The highest BCUT2D eigenvalue weighted by molar-refractivity contribution is 4.90. The molecule has 0 bridgehead atoms. The van der Waals surface area contributed by atoms with Crippen LogP contribution in [-0.4, -0.2) is 23.8 Å². The van der Waals surface area contributed by atoms with Crippen molar-refractivity contribution in [2.75, 3.05) is 6.61 Å². The van der Waals surface area contributed by atoms with Gasteiger partial charge in [0.25, 0.3) is 0 Å². The molecular weight excluding hydrogens is 240 g/mol. The molecule has 3 heteroatoms. The summed E-state index contributed by atoms with van der Waals surface area (Å²) in [5.74, 6) is -0.618. The Morgan fingerprint density at radius 1 is 1.05 bits per heavy atom. The number of rotatable bonds is 1. The number of ether oxygens (including phenoxy) is 2. The van der Waals surface area contributed by atoms with Crippen molar-refractivity contribution in [1.82, 2.24) is 0 Å². The van der Waals surface area contributed by atoms with Gasteiger partial charge in [0.05, 0.1) is 6.61 Å². The van der Waals surface area contributed by atoms with Crippen LogP contribution in [0.1, 0.15) is 80.1 Å². The molecule has 0 aromatic heterocycles. The highest BCUT2D eigenvalue weighted by Crippen LogP contribution is 2.46.